The Balaban J connectivity index is 1.11. The maximum atomic E-state index is 12.4. The van der Waals surface area contributed by atoms with Crippen LogP contribution in [-0.4, -0.2) is 41.8 Å². The first-order valence-corrected chi connectivity index (χ1v) is 12.2. The van der Waals surface area contributed by atoms with Crippen LogP contribution in [0.5, 0.6) is 11.5 Å². The van der Waals surface area contributed by atoms with Crippen molar-refractivity contribution in [2.75, 3.05) is 24.6 Å². The summed E-state index contributed by atoms with van der Waals surface area (Å²) in [4.78, 5) is 14.8. The second-order valence-electron chi connectivity index (χ2n) is 9.45. The first-order valence-electron chi connectivity index (χ1n) is 12.2. The third-order valence-electron chi connectivity index (χ3n) is 6.68. The molecule has 6 nitrogen and oxygen atoms in total. The van der Waals surface area contributed by atoms with Gasteiger partial charge in [-0.1, -0.05) is 19.1 Å². The smallest absolute Gasteiger partial charge is 0.165 e. The minimum atomic E-state index is 0.0799. The minimum Gasteiger partial charge on any atom is -0.493 e. The summed E-state index contributed by atoms with van der Waals surface area (Å²) in [7, 11) is 0. The molecule has 2 aromatic carbocycles. The molecule has 0 radical (unpaired) electrons. The van der Waals surface area contributed by atoms with E-state index in [-0.39, 0.29) is 17.8 Å². The zero-order chi connectivity index (χ0) is 23.3. The molecule has 34 heavy (non-hydrogen) atoms. The molecule has 1 aliphatic carbocycles. The Kier molecular flexibility index (Phi) is 6.74. The Morgan fingerprint density at radius 2 is 1.76 bits per heavy atom. The molecule has 2 fully saturated rings. The number of ether oxygens (including phenoxy) is 2. The second kappa shape index (κ2) is 10.2. The zero-order valence-corrected chi connectivity index (χ0v) is 19.6. The number of Topliss-reactive ketones (excluding diaryl/α,β-unsaturated/α-hetero) is 1. The van der Waals surface area contributed by atoms with Gasteiger partial charge in [0.1, 0.15) is 17.6 Å². The van der Waals surface area contributed by atoms with Crippen LogP contribution in [0.1, 0.15) is 54.4 Å². The van der Waals surface area contributed by atoms with E-state index in [0.29, 0.717) is 12.0 Å². The second-order valence-corrected chi connectivity index (χ2v) is 9.45. The van der Waals surface area contributed by atoms with Crippen LogP contribution in [0.4, 0.5) is 5.69 Å². The van der Waals surface area contributed by atoms with Gasteiger partial charge in [-0.25, -0.2) is 0 Å². The van der Waals surface area contributed by atoms with Gasteiger partial charge in [-0.2, -0.15) is 10.2 Å². The molecule has 0 bridgehead atoms. The van der Waals surface area contributed by atoms with Gasteiger partial charge in [0.2, 0.25) is 0 Å². The molecule has 3 aromatic rings. The summed E-state index contributed by atoms with van der Waals surface area (Å²) in [6.07, 6.45) is 7.27. The van der Waals surface area contributed by atoms with Gasteiger partial charge >= 0.3 is 0 Å². The molecule has 0 N–H and O–H groups in total. The fraction of sp³-hybridized carbons (Fsp3) is 0.393. The molecule has 5 rings (SSSR count). The highest BCUT2D eigenvalue weighted by molar-refractivity contribution is 5.96. The van der Waals surface area contributed by atoms with Crippen LogP contribution in [0.3, 0.4) is 0 Å². The first-order chi connectivity index (χ1) is 16.6. The number of ketones is 1. The van der Waals surface area contributed by atoms with Crippen molar-refractivity contribution in [2.45, 2.75) is 44.6 Å². The normalized spacial score (nSPS) is 18.5. The monoisotopic (exact) mass is 457 g/mol. The van der Waals surface area contributed by atoms with Crippen molar-refractivity contribution in [3.05, 3.63) is 78.1 Å². The molecular weight excluding hydrogens is 426 g/mol. The number of carbonyl (C=O) groups is 1. The van der Waals surface area contributed by atoms with Crippen LogP contribution < -0.4 is 14.4 Å². The van der Waals surface area contributed by atoms with Crippen LogP contribution in [0, 0.1) is 5.92 Å². The Morgan fingerprint density at radius 1 is 1.00 bits per heavy atom. The van der Waals surface area contributed by atoms with Crippen LogP contribution >= 0.6 is 0 Å². The van der Waals surface area contributed by atoms with Gasteiger partial charge in [0, 0.05) is 30.6 Å². The molecule has 0 unspecified atom stereocenters. The average molecular weight is 458 g/mol. The fourth-order valence-corrected chi connectivity index (χ4v) is 4.35. The number of carbonyl (C=O) groups excluding carboxylic acids is 1. The van der Waals surface area contributed by atoms with E-state index in [4.69, 9.17) is 9.47 Å². The number of hydrogen-bond donors (Lipinski definition) is 0. The van der Waals surface area contributed by atoms with Crippen LogP contribution in [-0.2, 0) is 0 Å². The van der Waals surface area contributed by atoms with Gasteiger partial charge in [0.25, 0.3) is 0 Å². The quantitative estimate of drug-likeness (QED) is 0.385. The number of rotatable bonds is 10. The van der Waals surface area contributed by atoms with Crippen LogP contribution in [0.15, 0.2) is 67.0 Å². The van der Waals surface area contributed by atoms with Gasteiger partial charge in [0.05, 0.1) is 25.5 Å². The lowest BCUT2D eigenvalue weighted by molar-refractivity contribution is 0.0975. The predicted octanol–water partition coefficient (Wildman–Crippen LogP) is 5.30. The highest BCUT2D eigenvalue weighted by atomic mass is 16.5. The molecule has 2 aliphatic rings. The summed E-state index contributed by atoms with van der Waals surface area (Å²) in [5, 5.41) is 7.53. The number of hydrogen-bond acceptors (Lipinski definition) is 6. The van der Waals surface area contributed by atoms with Gasteiger partial charge < -0.3 is 14.4 Å². The lowest BCUT2D eigenvalue weighted by atomic mass is 9.94. The molecule has 1 saturated heterocycles. The number of benzene rings is 2. The Labute approximate surface area is 200 Å². The third kappa shape index (κ3) is 5.74. The van der Waals surface area contributed by atoms with E-state index >= 15 is 0 Å². The third-order valence-corrected chi connectivity index (χ3v) is 6.68. The largest absolute Gasteiger partial charge is 0.493 e. The lowest BCUT2D eigenvalue weighted by Gasteiger charge is -2.20. The van der Waals surface area contributed by atoms with E-state index in [1.165, 1.54) is 24.7 Å². The van der Waals surface area contributed by atoms with Gasteiger partial charge in [0.15, 0.2) is 5.78 Å². The van der Waals surface area contributed by atoms with Crippen molar-refractivity contribution >= 4 is 11.5 Å². The Morgan fingerprint density at radius 3 is 2.47 bits per heavy atom. The summed E-state index contributed by atoms with van der Waals surface area (Å²) < 4.78 is 12.1. The Bertz CT molecular complexity index is 1080. The highest BCUT2D eigenvalue weighted by Crippen LogP contribution is 2.31. The van der Waals surface area contributed by atoms with Crippen LogP contribution in [0.25, 0.3) is 0 Å². The lowest BCUT2D eigenvalue weighted by Crippen LogP contribution is -2.24. The molecule has 2 atom stereocenters. The Hall–Kier alpha value is -3.41. The van der Waals surface area contributed by atoms with Gasteiger partial charge in [-0.15, -0.1) is 0 Å². The van der Waals surface area contributed by atoms with E-state index in [2.05, 4.69) is 58.4 Å². The summed E-state index contributed by atoms with van der Waals surface area (Å²) in [6.45, 7) is 4.76. The fourth-order valence-electron chi connectivity index (χ4n) is 4.35. The molecule has 2 heterocycles. The van der Waals surface area contributed by atoms with Crippen molar-refractivity contribution in [3.8, 4) is 11.5 Å². The molecule has 1 aromatic heterocycles. The molecule has 0 spiro atoms. The van der Waals surface area contributed by atoms with Crippen molar-refractivity contribution in [1.29, 1.82) is 0 Å². The maximum absolute atomic E-state index is 12.4. The number of nitrogens with zero attached hydrogens (tertiary/aromatic N) is 3. The molecule has 1 saturated carbocycles. The summed E-state index contributed by atoms with van der Waals surface area (Å²) in [5.74, 6) is 2.79. The van der Waals surface area contributed by atoms with E-state index < -0.39 is 0 Å². The van der Waals surface area contributed by atoms with Gasteiger partial charge in [-0.3, -0.25) is 4.79 Å². The minimum absolute atomic E-state index is 0.0799. The van der Waals surface area contributed by atoms with Crippen molar-refractivity contribution < 1.29 is 14.3 Å². The van der Waals surface area contributed by atoms with Crippen molar-refractivity contribution in [3.63, 3.8) is 0 Å². The summed E-state index contributed by atoms with van der Waals surface area (Å²) in [5.41, 5.74) is 2.94. The van der Waals surface area contributed by atoms with Crippen molar-refractivity contribution in [1.82, 2.24) is 10.2 Å². The number of aromatic nitrogens is 2. The van der Waals surface area contributed by atoms with Gasteiger partial charge in [-0.05, 0) is 72.7 Å². The first kappa shape index (κ1) is 22.4. The zero-order valence-electron chi connectivity index (χ0n) is 19.6. The van der Waals surface area contributed by atoms with Crippen molar-refractivity contribution in [2.24, 2.45) is 5.92 Å². The van der Waals surface area contributed by atoms with E-state index in [9.17, 15) is 4.79 Å². The summed E-state index contributed by atoms with van der Waals surface area (Å²) >= 11 is 0. The topological polar surface area (TPSA) is 64.5 Å². The molecule has 1 aliphatic heterocycles. The van der Waals surface area contributed by atoms with E-state index in [0.717, 1.165) is 49.1 Å². The molecule has 6 heteroatoms. The van der Waals surface area contributed by atoms with E-state index in [1.807, 2.05) is 12.1 Å². The average Bonchev–Trinajstić information content (AvgIpc) is 3.60. The SMILES string of the molecule is C[C@H](CC(=O)c1ccnnc1)c1ccc(O[C@@H]2CCN(c3ccc(OCC4CC4)cc3)C2)cc1. The number of anilines is 1. The van der Waals surface area contributed by atoms with Crippen LogP contribution in [0.2, 0.25) is 0 Å². The molecular formula is C28H31N3O3. The predicted molar refractivity (Wildman–Crippen MR) is 132 cm³/mol. The highest BCUT2D eigenvalue weighted by Gasteiger charge is 2.25. The van der Waals surface area contributed by atoms with E-state index in [1.54, 1.807) is 12.3 Å². The molecule has 0 amide bonds. The standard InChI is InChI=1S/C28H31N3O3/c1-20(16-28(32)23-12-14-29-30-17-23)22-4-8-26(9-5-22)34-27-13-15-31(18-27)24-6-10-25(11-7-24)33-19-21-2-3-21/h4-12,14,17,20-21,27H,2-3,13,15-16,18-19H2,1H3/t20-,27-/m1/s1. The molecule has 176 valence electrons. The maximum Gasteiger partial charge on any atom is 0.165 e. The summed E-state index contributed by atoms with van der Waals surface area (Å²) in [6, 6.07) is 18.3.